The Morgan fingerprint density at radius 1 is 1.35 bits per heavy atom. The van der Waals surface area contributed by atoms with E-state index in [1.807, 2.05) is 0 Å². The lowest BCUT2D eigenvalue weighted by Gasteiger charge is -2.17. The zero-order chi connectivity index (χ0) is 13.1. The Morgan fingerprint density at radius 2 is 2.00 bits per heavy atom. The second-order valence-corrected chi connectivity index (χ2v) is 3.87. The quantitative estimate of drug-likeness (QED) is 0.827. The van der Waals surface area contributed by atoms with Gasteiger partial charge in [0.2, 0.25) is 6.41 Å². The second-order valence-electron chi connectivity index (χ2n) is 3.87. The Labute approximate surface area is 97.2 Å². The molecule has 0 spiro atoms. The lowest BCUT2D eigenvalue weighted by atomic mass is 10.1. The number of hydrogen-bond donors (Lipinski definition) is 1. The summed E-state index contributed by atoms with van der Waals surface area (Å²) in [5.41, 5.74) is -0.410. The molecule has 0 aliphatic heterocycles. The number of amides is 1. The van der Waals surface area contributed by atoms with Crippen LogP contribution in [0.25, 0.3) is 0 Å². The minimum atomic E-state index is -4.42. The summed E-state index contributed by atoms with van der Waals surface area (Å²) < 4.78 is 38.4. The van der Waals surface area contributed by atoms with E-state index in [4.69, 9.17) is 0 Å². The molecule has 0 radical (unpaired) electrons. The van der Waals surface area contributed by atoms with Gasteiger partial charge in [0, 0.05) is 12.2 Å². The molecule has 0 atom stereocenters. The minimum Gasteiger partial charge on any atom is -0.329 e. The minimum absolute atomic E-state index is 0.134. The van der Waals surface area contributed by atoms with Crippen molar-refractivity contribution in [3.05, 3.63) is 29.3 Å². The summed E-state index contributed by atoms with van der Waals surface area (Å²) in [7, 11) is 3.38. The first kappa shape index (κ1) is 13.5. The highest BCUT2D eigenvalue weighted by Gasteiger charge is 2.33. The van der Waals surface area contributed by atoms with Crippen molar-refractivity contribution < 1.29 is 18.0 Å². The summed E-state index contributed by atoms with van der Waals surface area (Å²) in [6.45, 7) is 0.191. The molecule has 1 aromatic carbocycles. The van der Waals surface area contributed by atoms with E-state index in [2.05, 4.69) is 5.32 Å². The van der Waals surface area contributed by atoms with Crippen LogP contribution in [-0.4, -0.2) is 25.4 Å². The number of carbonyl (C=O) groups is 1. The molecule has 1 rings (SSSR count). The Kier molecular flexibility index (Phi) is 4.11. The van der Waals surface area contributed by atoms with Crippen LogP contribution in [-0.2, 0) is 17.5 Å². The van der Waals surface area contributed by atoms with Crippen LogP contribution in [0.2, 0.25) is 0 Å². The summed E-state index contributed by atoms with van der Waals surface area (Å²) in [5, 5.41) is 2.21. The predicted molar refractivity (Wildman–Crippen MR) is 58.5 cm³/mol. The van der Waals surface area contributed by atoms with E-state index in [1.165, 1.54) is 12.1 Å². The summed E-state index contributed by atoms with van der Waals surface area (Å²) in [6, 6.07) is 3.75. The number of nitrogens with one attached hydrogen (secondary N) is 1. The maximum absolute atomic E-state index is 12.8. The molecule has 6 heteroatoms. The van der Waals surface area contributed by atoms with Gasteiger partial charge in [-0.3, -0.25) is 4.79 Å². The smallest absolute Gasteiger partial charge is 0.329 e. The van der Waals surface area contributed by atoms with E-state index in [9.17, 15) is 18.0 Å². The molecular formula is C11H13F3N2O. The second kappa shape index (κ2) is 5.18. The van der Waals surface area contributed by atoms with Crippen molar-refractivity contribution in [2.75, 3.05) is 19.4 Å². The van der Waals surface area contributed by atoms with Crippen LogP contribution in [0.5, 0.6) is 0 Å². The van der Waals surface area contributed by atoms with E-state index in [0.29, 0.717) is 6.41 Å². The highest BCUT2D eigenvalue weighted by atomic mass is 19.4. The van der Waals surface area contributed by atoms with Gasteiger partial charge in [-0.15, -0.1) is 0 Å². The first-order valence-corrected chi connectivity index (χ1v) is 4.89. The van der Waals surface area contributed by atoms with Gasteiger partial charge in [0.1, 0.15) is 0 Å². The number of hydrogen-bond acceptors (Lipinski definition) is 2. The molecule has 0 fully saturated rings. The van der Waals surface area contributed by atoms with Gasteiger partial charge in [-0.05, 0) is 31.8 Å². The molecule has 0 bridgehead atoms. The highest BCUT2D eigenvalue weighted by Crippen LogP contribution is 2.34. The number of nitrogens with zero attached hydrogens (tertiary/aromatic N) is 1. The van der Waals surface area contributed by atoms with Crippen molar-refractivity contribution in [3.63, 3.8) is 0 Å². The third-order valence-corrected chi connectivity index (χ3v) is 2.13. The van der Waals surface area contributed by atoms with Gasteiger partial charge in [-0.25, -0.2) is 0 Å². The standard InChI is InChI=1S/C11H13F3N2O/c1-16(2)6-8-3-4-9(15-7-17)5-10(8)11(12,13)14/h3-5,7H,6H2,1-2H3,(H,15,17). The lowest BCUT2D eigenvalue weighted by Crippen LogP contribution is -2.16. The zero-order valence-electron chi connectivity index (χ0n) is 9.51. The Morgan fingerprint density at radius 3 is 2.47 bits per heavy atom. The number of anilines is 1. The fourth-order valence-electron chi connectivity index (χ4n) is 1.48. The van der Waals surface area contributed by atoms with Crippen LogP contribution >= 0.6 is 0 Å². The van der Waals surface area contributed by atoms with Crippen molar-refractivity contribution >= 4 is 12.1 Å². The van der Waals surface area contributed by atoms with Crippen LogP contribution in [0.3, 0.4) is 0 Å². The van der Waals surface area contributed by atoms with E-state index < -0.39 is 11.7 Å². The fourth-order valence-corrected chi connectivity index (χ4v) is 1.48. The molecule has 1 N–H and O–H groups in total. The van der Waals surface area contributed by atoms with Gasteiger partial charge in [-0.2, -0.15) is 13.2 Å². The van der Waals surface area contributed by atoms with Crippen LogP contribution in [0.15, 0.2) is 18.2 Å². The number of rotatable bonds is 4. The Hall–Kier alpha value is -1.56. The Bertz CT molecular complexity index is 402. The van der Waals surface area contributed by atoms with Gasteiger partial charge < -0.3 is 10.2 Å². The molecule has 1 amide bonds. The van der Waals surface area contributed by atoms with Crippen LogP contribution in [0.1, 0.15) is 11.1 Å². The van der Waals surface area contributed by atoms with Crippen molar-refractivity contribution in [3.8, 4) is 0 Å². The molecule has 3 nitrogen and oxygen atoms in total. The first-order chi connectivity index (χ1) is 7.84. The number of alkyl halides is 3. The van der Waals surface area contributed by atoms with E-state index in [1.54, 1.807) is 19.0 Å². The maximum Gasteiger partial charge on any atom is 0.416 e. The molecular weight excluding hydrogens is 233 g/mol. The van der Waals surface area contributed by atoms with Gasteiger partial charge in [0.25, 0.3) is 0 Å². The predicted octanol–water partition coefficient (Wildman–Crippen LogP) is 2.34. The van der Waals surface area contributed by atoms with Crippen LogP contribution in [0.4, 0.5) is 18.9 Å². The van der Waals surface area contributed by atoms with Gasteiger partial charge in [-0.1, -0.05) is 6.07 Å². The average molecular weight is 246 g/mol. The molecule has 94 valence electrons. The maximum atomic E-state index is 12.8. The van der Waals surface area contributed by atoms with Crippen molar-refractivity contribution in [1.82, 2.24) is 4.90 Å². The van der Waals surface area contributed by atoms with Gasteiger partial charge >= 0.3 is 6.18 Å². The molecule has 0 unspecified atom stereocenters. The topological polar surface area (TPSA) is 32.3 Å². The van der Waals surface area contributed by atoms with Gasteiger partial charge in [0.05, 0.1) is 5.56 Å². The fraction of sp³-hybridized carbons (Fsp3) is 0.364. The number of halogens is 3. The molecule has 0 saturated heterocycles. The third kappa shape index (κ3) is 3.74. The largest absolute Gasteiger partial charge is 0.416 e. The molecule has 17 heavy (non-hydrogen) atoms. The molecule has 0 aliphatic rings. The average Bonchev–Trinajstić information content (AvgIpc) is 2.18. The SMILES string of the molecule is CN(C)Cc1ccc(NC=O)cc1C(F)(F)F. The number of carbonyl (C=O) groups excluding carboxylic acids is 1. The summed E-state index contributed by atoms with van der Waals surface area (Å²) >= 11 is 0. The van der Waals surface area contributed by atoms with Crippen molar-refractivity contribution in [1.29, 1.82) is 0 Å². The molecule has 0 saturated carbocycles. The number of benzene rings is 1. The highest BCUT2D eigenvalue weighted by molar-refractivity contribution is 5.71. The molecule has 0 aromatic heterocycles. The van der Waals surface area contributed by atoms with Crippen molar-refractivity contribution in [2.45, 2.75) is 12.7 Å². The molecule has 0 heterocycles. The molecule has 1 aromatic rings. The van der Waals surface area contributed by atoms with Crippen LogP contribution in [0, 0.1) is 0 Å². The normalized spacial score (nSPS) is 11.6. The third-order valence-electron chi connectivity index (χ3n) is 2.13. The first-order valence-electron chi connectivity index (χ1n) is 4.89. The van der Waals surface area contributed by atoms with E-state index >= 15 is 0 Å². The monoisotopic (exact) mass is 246 g/mol. The zero-order valence-corrected chi connectivity index (χ0v) is 9.51. The Balaban J connectivity index is 3.16. The summed E-state index contributed by atoms with van der Waals surface area (Å²) in [6.07, 6.45) is -4.08. The van der Waals surface area contributed by atoms with E-state index in [-0.39, 0.29) is 17.8 Å². The lowest BCUT2D eigenvalue weighted by molar-refractivity contribution is -0.138. The summed E-state index contributed by atoms with van der Waals surface area (Å²) in [4.78, 5) is 11.8. The molecule has 0 aliphatic carbocycles. The van der Waals surface area contributed by atoms with Crippen molar-refractivity contribution in [2.24, 2.45) is 0 Å². The van der Waals surface area contributed by atoms with E-state index in [0.717, 1.165) is 6.07 Å². The van der Waals surface area contributed by atoms with Gasteiger partial charge in [0.15, 0.2) is 0 Å². The van der Waals surface area contributed by atoms with Crippen LogP contribution < -0.4 is 5.32 Å². The summed E-state index contributed by atoms with van der Waals surface area (Å²) in [5.74, 6) is 0.